The van der Waals surface area contributed by atoms with Gasteiger partial charge in [0.25, 0.3) is 0 Å². The van der Waals surface area contributed by atoms with E-state index in [-0.39, 0.29) is 0 Å². The van der Waals surface area contributed by atoms with Crippen LogP contribution in [0.1, 0.15) is 108 Å². The monoisotopic (exact) mass is 332 g/mol. The highest BCUT2D eigenvalue weighted by atomic mass is 16.3. The Morgan fingerprint density at radius 3 is 1.62 bits per heavy atom. The molecule has 1 aromatic rings. The van der Waals surface area contributed by atoms with Crippen molar-refractivity contribution in [2.24, 2.45) is 0 Å². The van der Waals surface area contributed by atoms with Crippen LogP contribution in [0.3, 0.4) is 0 Å². The Hall–Kier alpha value is -0.980. The minimum Gasteiger partial charge on any atom is -0.508 e. The zero-order chi connectivity index (χ0) is 17.6. The number of benzene rings is 1. The summed E-state index contributed by atoms with van der Waals surface area (Å²) in [6, 6.07) is 3.99. The molecule has 1 N–H and O–H groups in total. The highest BCUT2D eigenvalue weighted by molar-refractivity contribution is 5.44. The average molecular weight is 333 g/mol. The lowest BCUT2D eigenvalue weighted by Crippen LogP contribution is -1.99. The van der Waals surface area contributed by atoms with Gasteiger partial charge in [0.2, 0.25) is 0 Å². The standard InChI is InChI=1S/C23H40O/c1-4-6-8-10-12-14-16-21-20(3)18-19-23(24)22(21)17-15-13-11-9-7-5-2/h18-19,24H,4-17H2,1-3H3. The molecule has 0 spiro atoms. The molecule has 0 saturated heterocycles. The van der Waals surface area contributed by atoms with Crippen LogP contribution in [-0.2, 0) is 12.8 Å². The zero-order valence-electron chi connectivity index (χ0n) is 16.5. The van der Waals surface area contributed by atoms with Gasteiger partial charge in [-0.25, -0.2) is 0 Å². The summed E-state index contributed by atoms with van der Waals surface area (Å²) in [5.74, 6) is 0.523. The second-order valence-electron chi connectivity index (χ2n) is 7.39. The van der Waals surface area contributed by atoms with Gasteiger partial charge < -0.3 is 5.11 Å². The molecular weight excluding hydrogens is 292 g/mol. The number of phenolic OH excluding ortho intramolecular Hbond substituents is 1. The number of hydrogen-bond donors (Lipinski definition) is 1. The van der Waals surface area contributed by atoms with Gasteiger partial charge in [0.15, 0.2) is 0 Å². The number of hydrogen-bond acceptors (Lipinski definition) is 1. The summed E-state index contributed by atoms with van der Waals surface area (Å²) >= 11 is 0. The first kappa shape index (κ1) is 21.1. The number of rotatable bonds is 14. The van der Waals surface area contributed by atoms with Crippen LogP contribution in [-0.4, -0.2) is 5.11 Å². The van der Waals surface area contributed by atoms with E-state index in [1.165, 1.54) is 93.7 Å². The molecule has 1 heteroatoms. The van der Waals surface area contributed by atoms with Crippen molar-refractivity contribution in [1.29, 1.82) is 0 Å². The molecular formula is C23H40O. The lowest BCUT2D eigenvalue weighted by Gasteiger charge is -2.15. The molecule has 0 unspecified atom stereocenters. The Labute approximate surface area is 150 Å². The Morgan fingerprint density at radius 1 is 0.625 bits per heavy atom. The van der Waals surface area contributed by atoms with Crippen molar-refractivity contribution in [2.75, 3.05) is 0 Å². The average Bonchev–Trinajstić information content (AvgIpc) is 2.58. The van der Waals surface area contributed by atoms with Gasteiger partial charge in [-0.2, -0.15) is 0 Å². The molecule has 1 aromatic carbocycles. The number of aryl methyl sites for hydroxylation is 1. The van der Waals surface area contributed by atoms with Gasteiger partial charge in [0, 0.05) is 0 Å². The normalized spacial score (nSPS) is 11.1. The fourth-order valence-electron chi connectivity index (χ4n) is 3.59. The van der Waals surface area contributed by atoms with E-state index in [9.17, 15) is 5.11 Å². The lowest BCUT2D eigenvalue weighted by molar-refractivity contribution is 0.464. The molecule has 0 heterocycles. The van der Waals surface area contributed by atoms with Crippen LogP contribution in [0, 0.1) is 6.92 Å². The van der Waals surface area contributed by atoms with Crippen LogP contribution in [0.15, 0.2) is 12.1 Å². The summed E-state index contributed by atoms with van der Waals surface area (Å²) in [5.41, 5.74) is 4.03. The van der Waals surface area contributed by atoms with Gasteiger partial charge in [-0.1, -0.05) is 84.1 Å². The molecule has 0 amide bonds. The molecule has 0 fully saturated rings. The van der Waals surface area contributed by atoms with Gasteiger partial charge in [-0.15, -0.1) is 0 Å². The lowest BCUT2D eigenvalue weighted by atomic mass is 9.92. The Balaban J connectivity index is 2.46. The van der Waals surface area contributed by atoms with Crippen molar-refractivity contribution in [3.8, 4) is 5.75 Å². The van der Waals surface area contributed by atoms with E-state index < -0.39 is 0 Å². The molecule has 0 aliphatic carbocycles. The van der Waals surface area contributed by atoms with E-state index in [0.29, 0.717) is 5.75 Å². The predicted molar refractivity (Wildman–Crippen MR) is 107 cm³/mol. The van der Waals surface area contributed by atoms with Crippen molar-refractivity contribution in [3.05, 3.63) is 28.8 Å². The fourth-order valence-corrected chi connectivity index (χ4v) is 3.59. The first-order valence-corrected chi connectivity index (χ1v) is 10.5. The minimum atomic E-state index is 0.523. The molecule has 1 nitrogen and oxygen atoms in total. The minimum absolute atomic E-state index is 0.523. The van der Waals surface area contributed by atoms with Crippen molar-refractivity contribution in [1.82, 2.24) is 0 Å². The van der Waals surface area contributed by atoms with E-state index in [0.717, 1.165) is 12.8 Å². The van der Waals surface area contributed by atoms with E-state index in [2.05, 4.69) is 26.8 Å². The van der Waals surface area contributed by atoms with Crippen LogP contribution in [0.4, 0.5) is 0 Å². The predicted octanol–water partition coefficient (Wildman–Crippen LogP) is 7.51. The zero-order valence-corrected chi connectivity index (χ0v) is 16.5. The smallest absolute Gasteiger partial charge is 0.119 e. The molecule has 0 aliphatic heterocycles. The molecule has 138 valence electrons. The number of aromatic hydroxyl groups is 1. The number of unbranched alkanes of at least 4 members (excludes halogenated alkanes) is 10. The highest BCUT2D eigenvalue weighted by Gasteiger charge is 2.10. The maximum atomic E-state index is 10.3. The maximum absolute atomic E-state index is 10.3. The molecule has 0 radical (unpaired) electrons. The quantitative estimate of drug-likeness (QED) is 0.349. The third-order valence-electron chi connectivity index (χ3n) is 5.20. The Bertz CT molecular complexity index is 395. The summed E-state index contributed by atoms with van der Waals surface area (Å²) in [6.45, 7) is 6.74. The molecule has 0 bridgehead atoms. The van der Waals surface area contributed by atoms with E-state index >= 15 is 0 Å². The van der Waals surface area contributed by atoms with Gasteiger partial charge in [0.05, 0.1) is 0 Å². The maximum Gasteiger partial charge on any atom is 0.119 e. The summed E-state index contributed by atoms with van der Waals surface area (Å²) in [4.78, 5) is 0. The van der Waals surface area contributed by atoms with Crippen molar-refractivity contribution < 1.29 is 5.11 Å². The topological polar surface area (TPSA) is 20.2 Å². The van der Waals surface area contributed by atoms with Crippen molar-refractivity contribution in [2.45, 2.75) is 111 Å². The summed E-state index contributed by atoms with van der Waals surface area (Å²) in [7, 11) is 0. The summed E-state index contributed by atoms with van der Waals surface area (Å²) < 4.78 is 0. The van der Waals surface area contributed by atoms with E-state index in [1.807, 2.05) is 6.07 Å². The van der Waals surface area contributed by atoms with E-state index in [4.69, 9.17) is 0 Å². The van der Waals surface area contributed by atoms with Gasteiger partial charge in [0.1, 0.15) is 5.75 Å². The molecule has 0 aliphatic rings. The second-order valence-corrected chi connectivity index (χ2v) is 7.39. The second kappa shape index (κ2) is 13.3. The van der Waals surface area contributed by atoms with Crippen LogP contribution in [0.5, 0.6) is 5.75 Å². The van der Waals surface area contributed by atoms with Gasteiger partial charge in [-0.05, 0) is 55.4 Å². The SMILES string of the molecule is CCCCCCCCc1c(C)ccc(O)c1CCCCCCCC. The molecule has 0 saturated carbocycles. The van der Waals surface area contributed by atoms with Gasteiger partial charge >= 0.3 is 0 Å². The molecule has 0 atom stereocenters. The van der Waals surface area contributed by atoms with Crippen molar-refractivity contribution >= 4 is 0 Å². The third kappa shape index (κ3) is 8.22. The summed E-state index contributed by atoms with van der Waals surface area (Å²) in [5, 5.41) is 10.3. The van der Waals surface area contributed by atoms with Gasteiger partial charge in [-0.3, -0.25) is 0 Å². The first-order valence-electron chi connectivity index (χ1n) is 10.5. The fraction of sp³-hybridized carbons (Fsp3) is 0.739. The summed E-state index contributed by atoms with van der Waals surface area (Å²) in [6.07, 6.45) is 18.1. The largest absolute Gasteiger partial charge is 0.508 e. The van der Waals surface area contributed by atoms with Crippen LogP contribution in [0.2, 0.25) is 0 Å². The van der Waals surface area contributed by atoms with Crippen LogP contribution in [0.25, 0.3) is 0 Å². The van der Waals surface area contributed by atoms with Crippen LogP contribution < -0.4 is 0 Å². The van der Waals surface area contributed by atoms with E-state index in [1.54, 1.807) is 0 Å². The molecule has 0 aromatic heterocycles. The Kier molecular flexibility index (Phi) is 11.7. The van der Waals surface area contributed by atoms with Crippen molar-refractivity contribution in [3.63, 3.8) is 0 Å². The number of phenols is 1. The third-order valence-corrected chi connectivity index (χ3v) is 5.20. The van der Waals surface area contributed by atoms with Crippen LogP contribution >= 0.6 is 0 Å². The Morgan fingerprint density at radius 2 is 1.08 bits per heavy atom. The molecule has 24 heavy (non-hydrogen) atoms. The molecule has 1 rings (SSSR count). The first-order chi connectivity index (χ1) is 11.7. The highest BCUT2D eigenvalue weighted by Crippen LogP contribution is 2.28.